The van der Waals surface area contributed by atoms with Gasteiger partial charge in [0.05, 0.1) is 11.1 Å². The van der Waals surface area contributed by atoms with Gasteiger partial charge >= 0.3 is 0 Å². The Kier molecular flexibility index (Phi) is 6.87. The standard InChI is InChI=1S/C18H17N3O5/c1-2-11-25-16-7-3-14(4-8-16)12-19-20-18(22)13-26-17-9-5-15(6-10-17)21(23)24/h2-10,12H,1,11,13H2,(H,20,22)/b19-12+. The van der Waals surface area contributed by atoms with Crippen LogP contribution < -0.4 is 14.9 Å². The zero-order valence-electron chi connectivity index (χ0n) is 13.8. The van der Waals surface area contributed by atoms with E-state index in [9.17, 15) is 14.9 Å². The molecule has 0 atom stereocenters. The molecule has 0 spiro atoms. The highest BCUT2D eigenvalue weighted by Gasteiger charge is 2.06. The van der Waals surface area contributed by atoms with Crippen LogP contribution in [0, 0.1) is 10.1 Å². The van der Waals surface area contributed by atoms with Crippen molar-refractivity contribution < 1.29 is 19.2 Å². The fourth-order valence-corrected chi connectivity index (χ4v) is 1.83. The Morgan fingerprint density at radius 1 is 1.12 bits per heavy atom. The van der Waals surface area contributed by atoms with Gasteiger partial charge < -0.3 is 9.47 Å². The number of benzene rings is 2. The van der Waals surface area contributed by atoms with Gasteiger partial charge in [0.2, 0.25) is 0 Å². The van der Waals surface area contributed by atoms with Crippen LogP contribution in [0.15, 0.2) is 66.3 Å². The molecule has 2 aromatic carbocycles. The third-order valence-electron chi connectivity index (χ3n) is 3.07. The minimum atomic E-state index is -0.511. The molecule has 0 radical (unpaired) electrons. The highest BCUT2D eigenvalue weighted by Crippen LogP contribution is 2.17. The van der Waals surface area contributed by atoms with E-state index in [1.807, 2.05) is 0 Å². The number of rotatable bonds is 9. The Morgan fingerprint density at radius 3 is 2.35 bits per heavy atom. The fourth-order valence-electron chi connectivity index (χ4n) is 1.83. The Labute approximate surface area is 149 Å². The molecule has 1 amide bonds. The molecule has 0 aliphatic carbocycles. The van der Waals surface area contributed by atoms with E-state index in [0.717, 1.165) is 5.56 Å². The van der Waals surface area contributed by atoms with Crippen LogP contribution in [0.25, 0.3) is 0 Å². The van der Waals surface area contributed by atoms with Gasteiger partial charge in [0.1, 0.15) is 18.1 Å². The van der Waals surface area contributed by atoms with Crippen LogP contribution in [0.1, 0.15) is 5.56 Å². The normalized spacial score (nSPS) is 10.3. The number of nitro benzene ring substituents is 1. The highest BCUT2D eigenvalue weighted by atomic mass is 16.6. The number of amides is 1. The number of carbonyl (C=O) groups is 1. The van der Waals surface area contributed by atoms with Crippen molar-refractivity contribution >= 4 is 17.8 Å². The lowest BCUT2D eigenvalue weighted by atomic mass is 10.2. The van der Waals surface area contributed by atoms with Crippen LogP contribution in [0.5, 0.6) is 11.5 Å². The van der Waals surface area contributed by atoms with Crippen molar-refractivity contribution in [3.8, 4) is 11.5 Å². The van der Waals surface area contributed by atoms with E-state index in [1.165, 1.54) is 30.5 Å². The Morgan fingerprint density at radius 2 is 1.73 bits per heavy atom. The van der Waals surface area contributed by atoms with E-state index in [4.69, 9.17) is 9.47 Å². The molecule has 0 unspecified atom stereocenters. The average Bonchev–Trinajstić information content (AvgIpc) is 2.66. The second-order valence-electron chi connectivity index (χ2n) is 5.00. The number of nitrogens with one attached hydrogen (secondary N) is 1. The van der Waals surface area contributed by atoms with E-state index >= 15 is 0 Å². The maximum atomic E-state index is 11.7. The van der Waals surface area contributed by atoms with Crippen molar-refractivity contribution in [1.82, 2.24) is 5.43 Å². The van der Waals surface area contributed by atoms with Gasteiger partial charge in [0.15, 0.2) is 6.61 Å². The molecule has 0 aromatic heterocycles. The number of nitrogens with zero attached hydrogens (tertiary/aromatic N) is 2. The topological polar surface area (TPSA) is 103 Å². The summed E-state index contributed by atoms with van der Waals surface area (Å²) < 4.78 is 10.6. The molecule has 8 heteroatoms. The lowest BCUT2D eigenvalue weighted by molar-refractivity contribution is -0.384. The molecule has 0 bridgehead atoms. The van der Waals surface area contributed by atoms with Gasteiger partial charge in [0, 0.05) is 12.1 Å². The van der Waals surface area contributed by atoms with Gasteiger partial charge in [-0.3, -0.25) is 14.9 Å². The first kappa shape index (κ1) is 18.7. The number of ether oxygens (including phenoxy) is 2. The molecule has 0 heterocycles. The number of nitro groups is 1. The van der Waals surface area contributed by atoms with Gasteiger partial charge in [-0.25, -0.2) is 5.43 Å². The van der Waals surface area contributed by atoms with Crippen LogP contribution >= 0.6 is 0 Å². The van der Waals surface area contributed by atoms with Gasteiger partial charge in [-0.05, 0) is 42.0 Å². The summed E-state index contributed by atoms with van der Waals surface area (Å²) in [6.07, 6.45) is 3.14. The molecule has 134 valence electrons. The number of hydrogen-bond acceptors (Lipinski definition) is 6. The minimum absolute atomic E-state index is 0.0488. The maximum Gasteiger partial charge on any atom is 0.277 e. The summed E-state index contributed by atoms with van der Waals surface area (Å²) in [5, 5.41) is 14.4. The lowest BCUT2D eigenvalue weighted by Crippen LogP contribution is -2.24. The second kappa shape index (κ2) is 9.58. The van der Waals surface area contributed by atoms with Crippen molar-refractivity contribution in [2.45, 2.75) is 0 Å². The lowest BCUT2D eigenvalue weighted by Gasteiger charge is -2.04. The summed E-state index contributed by atoms with van der Waals surface area (Å²) in [4.78, 5) is 21.7. The van der Waals surface area contributed by atoms with Gasteiger partial charge in [-0.1, -0.05) is 12.7 Å². The van der Waals surface area contributed by atoms with Crippen LogP contribution in [0.3, 0.4) is 0 Å². The van der Waals surface area contributed by atoms with Crippen molar-refractivity contribution in [3.63, 3.8) is 0 Å². The molecule has 2 aromatic rings. The van der Waals surface area contributed by atoms with Gasteiger partial charge in [-0.2, -0.15) is 5.10 Å². The first-order valence-electron chi connectivity index (χ1n) is 7.61. The van der Waals surface area contributed by atoms with E-state index in [1.54, 1.807) is 30.3 Å². The number of non-ortho nitro benzene ring substituents is 1. The Balaban J connectivity index is 1.76. The van der Waals surface area contributed by atoms with Crippen molar-refractivity contribution in [2.75, 3.05) is 13.2 Å². The summed E-state index contributed by atoms with van der Waals surface area (Å²) in [7, 11) is 0. The quantitative estimate of drug-likeness (QED) is 0.322. The summed E-state index contributed by atoms with van der Waals surface area (Å²) >= 11 is 0. The number of hydrogen-bond donors (Lipinski definition) is 1. The number of hydrazone groups is 1. The van der Waals surface area contributed by atoms with Crippen LogP contribution in [-0.2, 0) is 4.79 Å². The zero-order chi connectivity index (χ0) is 18.8. The molecule has 0 saturated heterocycles. The van der Waals surface area contributed by atoms with Crippen molar-refractivity contribution in [1.29, 1.82) is 0 Å². The second-order valence-corrected chi connectivity index (χ2v) is 5.00. The van der Waals surface area contributed by atoms with E-state index in [2.05, 4.69) is 17.1 Å². The third-order valence-corrected chi connectivity index (χ3v) is 3.07. The van der Waals surface area contributed by atoms with Crippen LogP contribution in [0.4, 0.5) is 5.69 Å². The monoisotopic (exact) mass is 355 g/mol. The molecule has 8 nitrogen and oxygen atoms in total. The highest BCUT2D eigenvalue weighted by molar-refractivity contribution is 5.83. The SMILES string of the molecule is C=CCOc1ccc(/C=N/NC(=O)COc2ccc([N+](=O)[O-])cc2)cc1. The van der Waals surface area contributed by atoms with Crippen LogP contribution in [-0.4, -0.2) is 30.3 Å². The molecular formula is C18H17N3O5. The first-order valence-corrected chi connectivity index (χ1v) is 7.61. The minimum Gasteiger partial charge on any atom is -0.490 e. The third kappa shape index (κ3) is 6.08. The maximum absolute atomic E-state index is 11.7. The summed E-state index contributed by atoms with van der Waals surface area (Å²) in [6, 6.07) is 12.6. The smallest absolute Gasteiger partial charge is 0.277 e. The van der Waals surface area contributed by atoms with Gasteiger partial charge in [-0.15, -0.1) is 0 Å². The molecule has 2 rings (SSSR count). The molecule has 1 N–H and O–H groups in total. The molecule has 0 saturated carbocycles. The predicted molar refractivity (Wildman–Crippen MR) is 96.5 cm³/mol. The number of carbonyl (C=O) groups excluding carboxylic acids is 1. The van der Waals surface area contributed by atoms with Crippen molar-refractivity contribution in [2.24, 2.45) is 5.10 Å². The molecular weight excluding hydrogens is 338 g/mol. The molecule has 0 aliphatic rings. The zero-order valence-corrected chi connectivity index (χ0v) is 13.8. The Bertz CT molecular complexity index is 785. The summed E-state index contributed by atoms with van der Waals surface area (Å²) in [5.74, 6) is 0.609. The largest absolute Gasteiger partial charge is 0.490 e. The van der Waals surface area contributed by atoms with E-state index in [-0.39, 0.29) is 12.3 Å². The predicted octanol–water partition coefficient (Wildman–Crippen LogP) is 2.69. The summed E-state index contributed by atoms with van der Waals surface area (Å²) in [6.45, 7) is 3.74. The van der Waals surface area contributed by atoms with Crippen molar-refractivity contribution in [3.05, 3.63) is 76.9 Å². The molecule has 0 aliphatic heterocycles. The van der Waals surface area contributed by atoms with E-state index < -0.39 is 10.8 Å². The van der Waals surface area contributed by atoms with Crippen LogP contribution in [0.2, 0.25) is 0 Å². The van der Waals surface area contributed by atoms with E-state index in [0.29, 0.717) is 18.1 Å². The molecule has 0 fully saturated rings. The summed E-state index contributed by atoms with van der Waals surface area (Å²) in [5.41, 5.74) is 3.07. The van der Waals surface area contributed by atoms with Gasteiger partial charge in [0.25, 0.3) is 11.6 Å². The first-order chi connectivity index (χ1) is 12.6. The molecule has 26 heavy (non-hydrogen) atoms. The fraction of sp³-hybridized carbons (Fsp3) is 0.111. The average molecular weight is 355 g/mol. The Hall–Kier alpha value is -3.68.